The lowest BCUT2D eigenvalue weighted by Crippen LogP contribution is -2.20. The minimum atomic E-state index is -3.19. The number of pyridine rings is 1. The molecular formula is C18H22N2O4S. The van der Waals surface area contributed by atoms with Crippen molar-refractivity contribution < 1.29 is 17.9 Å². The summed E-state index contributed by atoms with van der Waals surface area (Å²) in [4.78, 5) is 17.7. The van der Waals surface area contributed by atoms with Crippen LogP contribution in [0.25, 0.3) is 0 Å². The quantitative estimate of drug-likeness (QED) is 0.531. The van der Waals surface area contributed by atoms with Crippen molar-refractivity contribution in [1.82, 2.24) is 4.98 Å². The molecule has 2 aromatic rings. The molecule has 0 aliphatic carbocycles. The number of sulfone groups is 1. The van der Waals surface area contributed by atoms with E-state index in [2.05, 4.69) is 4.98 Å². The van der Waals surface area contributed by atoms with Gasteiger partial charge in [0.1, 0.15) is 11.4 Å². The Hall–Kier alpha value is -2.41. The lowest BCUT2D eigenvalue weighted by molar-refractivity contribution is 0.101. The van der Waals surface area contributed by atoms with Crippen molar-refractivity contribution in [2.24, 2.45) is 0 Å². The second-order valence-corrected chi connectivity index (χ2v) is 7.84. The third-order valence-electron chi connectivity index (χ3n) is 3.70. The zero-order chi connectivity index (χ0) is 18.4. The predicted octanol–water partition coefficient (Wildman–Crippen LogP) is 2.59. The van der Waals surface area contributed by atoms with E-state index in [0.717, 1.165) is 18.7 Å². The highest BCUT2D eigenvalue weighted by Gasteiger charge is 2.07. The SMILES string of the molecule is CC(=O)c1cc(N(C)CCCOc2ccc(S(C)(=O)=O)cc2)ccn1. The third kappa shape index (κ3) is 5.56. The molecule has 0 saturated heterocycles. The maximum absolute atomic E-state index is 11.4. The van der Waals surface area contributed by atoms with Gasteiger partial charge in [0.15, 0.2) is 15.6 Å². The van der Waals surface area contributed by atoms with E-state index in [0.29, 0.717) is 18.1 Å². The standard InChI is InChI=1S/C18H22N2O4S/c1-14(21)18-13-15(9-10-19-18)20(2)11-4-12-24-16-5-7-17(8-6-16)25(3,22)23/h5-10,13H,4,11-12H2,1-3H3. The van der Waals surface area contributed by atoms with Crippen molar-refractivity contribution in [2.75, 3.05) is 31.4 Å². The second kappa shape index (κ2) is 8.11. The average molecular weight is 362 g/mol. The molecule has 0 bridgehead atoms. The van der Waals surface area contributed by atoms with E-state index in [-0.39, 0.29) is 10.7 Å². The first kappa shape index (κ1) is 18.9. The van der Waals surface area contributed by atoms with Crippen LogP contribution < -0.4 is 9.64 Å². The van der Waals surface area contributed by atoms with Gasteiger partial charge in [-0.25, -0.2) is 8.42 Å². The Kier molecular flexibility index (Phi) is 6.14. The summed E-state index contributed by atoms with van der Waals surface area (Å²) in [6.45, 7) is 2.75. The van der Waals surface area contributed by atoms with Gasteiger partial charge in [0.05, 0.1) is 11.5 Å². The summed E-state index contributed by atoms with van der Waals surface area (Å²) in [5.41, 5.74) is 1.38. The van der Waals surface area contributed by atoms with Gasteiger partial charge in [-0.15, -0.1) is 0 Å². The summed E-state index contributed by atoms with van der Waals surface area (Å²) in [5.74, 6) is 0.578. The van der Waals surface area contributed by atoms with Crippen LogP contribution in [0.4, 0.5) is 5.69 Å². The average Bonchev–Trinajstić information content (AvgIpc) is 2.58. The van der Waals surface area contributed by atoms with Crippen LogP contribution in [0.3, 0.4) is 0 Å². The van der Waals surface area contributed by atoms with Gasteiger partial charge in [0.25, 0.3) is 0 Å². The number of rotatable bonds is 8. The minimum Gasteiger partial charge on any atom is -0.494 e. The molecular weight excluding hydrogens is 340 g/mol. The molecule has 0 N–H and O–H groups in total. The largest absolute Gasteiger partial charge is 0.494 e. The number of hydrogen-bond acceptors (Lipinski definition) is 6. The van der Waals surface area contributed by atoms with E-state index < -0.39 is 9.84 Å². The Bertz CT molecular complexity index is 832. The van der Waals surface area contributed by atoms with Crippen LogP contribution in [-0.4, -0.2) is 45.6 Å². The molecule has 0 aliphatic rings. The Labute approximate surface area is 148 Å². The van der Waals surface area contributed by atoms with Gasteiger partial charge in [0.2, 0.25) is 0 Å². The molecule has 0 radical (unpaired) electrons. The third-order valence-corrected chi connectivity index (χ3v) is 4.83. The van der Waals surface area contributed by atoms with Crippen molar-refractivity contribution in [3.63, 3.8) is 0 Å². The summed E-state index contributed by atoms with van der Waals surface area (Å²) < 4.78 is 28.5. The topological polar surface area (TPSA) is 76.6 Å². The number of hydrogen-bond donors (Lipinski definition) is 0. The maximum atomic E-state index is 11.4. The Morgan fingerprint density at radius 1 is 1.20 bits per heavy atom. The zero-order valence-corrected chi connectivity index (χ0v) is 15.4. The lowest BCUT2D eigenvalue weighted by atomic mass is 10.2. The Morgan fingerprint density at radius 2 is 1.88 bits per heavy atom. The molecule has 1 aromatic heterocycles. The maximum Gasteiger partial charge on any atom is 0.178 e. The van der Waals surface area contributed by atoms with Gasteiger partial charge in [-0.3, -0.25) is 9.78 Å². The number of ether oxygens (including phenoxy) is 1. The van der Waals surface area contributed by atoms with Crippen molar-refractivity contribution >= 4 is 21.3 Å². The van der Waals surface area contributed by atoms with Crippen LogP contribution in [0.1, 0.15) is 23.8 Å². The predicted molar refractivity (Wildman–Crippen MR) is 97.2 cm³/mol. The first-order chi connectivity index (χ1) is 11.8. The van der Waals surface area contributed by atoms with Gasteiger partial charge in [0, 0.05) is 38.7 Å². The molecule has 7 heteroatoms. The van der Waals surface area contributed by atoms with E-state index in [4.69, 9.17) is 4.74 Å². The summed E-state index contributed by atoms with van der Waals surface area (Å²) >= 11 is 0. The highest BCUT2D eigenvalue weighted by Crippen LogP contribution is 2.17. The molecule has 6 nitrogen and oxygen atoms in total. The number of carbonyl (C=O) groups is 1. The number of benzene rings is 1. The van der Waals surface area contributed by atoms with Crippen LogP contribution in [0.15, 0.2) is 47.5 Å². The summed E-state index contributed by atoms with van der Waals surface area (Å²) in [7, 11) is -1.24. The van der Waals surface area contributed by atoms with Gasteiger partial charge >= 0.3 is 0 Å². The summed E-state index contributed by atoms with van der Waals surface area (Å²) in [5, 5.41) is 0. The molecule has 0 saturated carbocycles. The van der Waals surface area contributed by atoms with E-state index in [9.17, 15) is 13.2 Å². The van der Waals surface area contributed by atoms with E-state index in [1.165, 1.54) is 25.3 Å². The smallest absolute Gasteiger partial charge is 0.178 e. The lowest BCUT2D eigenvalue weighted by Gasteiger charge is -2.19. The molecule has 0 aliphatic heterocycles. The van der Waals surface area contributed by atoms with Crippen LogP contribution >= 0.6 is 0 Å². The highest BCUT2D eigenvalue weighted by atomic mass is 32.2. The monoisotopic (exact) mass is 362 g/mol. The molecule has 134 valence electrons. The minimum absolute atomic E-state index is 0.0591. The van der Waals surface area contributed by atoms with Crippen LogP contribution in [-0.2, 0) is 9.84 Å². The Balaban J connectivity index is 1.82. The Morgan fingerprint density at radius 3 is 2.48 bits per heavy atom. The first-order valence-corrected chi connectivity index (χ1v) is 9.77. The molecule has 0 atom stereocenters. The van der Waals surface area contributed by atoms with Crippen molar-refractivity contribution in [3.05, 3.63) is 48.3 Å². The molecule has 0 unspecified atom stereocenters. The van der Waals surface area contributed by atoms with Gasteiger partial charge in [-0.2, -0.15) is 0 Å². The first-order valence-electron chi connectivity index (χ1n) is 7.88. The number of aromatic nitrogens is 1. The number of carbonyl (C=O) groups excluding carboxylic acids is 1. The van der Waals surface area contributed by atoms with E-state index in [1.54, 1.807) is 24.4 Å². The fourth-order valence-corrected chi connectivity index (χ4v) is 2.88. The molecule has 0 spiro atoms. The van der Waals surface area contributed by atoms with Crippen molar-refractivity contribution in [1.29, 1.82) is 0 Å². The molecule has 2 rings (SSSR count). The van der Waals surface area contributed by atoms with E-state index >= 15 is 0 Å². The number of anilines is 1. The van der Waals surface area contributed by atoms with Crippen LogP contribution in [0.5, 0.6) is 5.75 Å². The number of Topliss-reactive ketones (excluding diaryl/α,β-unsaturated/α-hetero) is 1. The summed E-state index contributed by atoms with van der Waals surface area (Å²) in [6.07, 6.45) is 3.58. The fourth-order valence-electron chi connectivity index (χ4n) is 2.25. The molecule has 0 amide bonds. The van der Waals surface area contributed by atoms with Crippen molar-refractivity contribution in [2.45, 2.75) is 18.2 Å². The molecule has 25 heavy (non-hydrogen) atoms. The van der Waals surface area contributed by atoms with Crippen molar-refractivity contribution in [3.8, 4) is 5.75 Å². The fraction of sp³-hybridized carbons (Fsp3) is 0.333. The van der Waals surface area contributed by atoms with Crippen LogP contribution in [0, 0.1) is 0 Å². The van der Waals surface area contributed by atoms with Gasteiger partial charge in [-0.1, -0.05) is 0 Å². The van der Waals surface area contributed by atoms with Crippen LogP contribution in [0.2, 0.25) is 0 Å². The summed E-state index contributed by atoms with van der Waals surface area (Å²) in [6, 6.07) is 10.0. The normalized spacial score (nSPS) is 11.2. The van der Waals surface area contributed by atoms with Gasteiger partial charge in [-0.05, 0) is 42.8 Å². The number of nitrogens with zero attached hydrogens (tertiary/aromatic N) is 2. The highest BCUT2D eigenvalue weighted by molar-refractivity contribution is 7.90. The van der Waals surface area contributed by atoms with E-state index in [1.807, 2.05) is 18.0 Å². The molecule has 1 aromatic carbocycles. The number of ketones is 1. The molecule has 0 fully saturated rings. The zero-order valence-electron chi connectivity index (χ0n) is 14.6. The van der Waals surface area contributed by atoms with Gasteiger partial charge < -0.3 is 9.64 Å². The molecule has 1 heterocycles. The second-order valence-electron chi connectivity index (χ2n) is 5.82.